The molecule has 0 unspecified atom stereocenters. The summed E-state index contributed by atoms with van der Waals surface area (Å²) >= 11 is 0.332. The zero-order valence-corrected chi connectivity index (χ0v) is 13.0. The topological polar surface area (TPSA) is 109 Å². The smallest absolute Gasteiger partial charge is 0.323 e. The summed E-state index contributed by atoms with van der Waals surface area (Å²) in [6.45, 7) is 1.75. The lowest BCUT2D eigenvalue weighted by Crippen LogP contribution is -2.19. The van der Waals surface area contributed by atoms with Crippen molar-refractivity contribution in [2.24, 2.45) is 0 Å². The molecule has 0 radical (unpaired) electrons. The monoisotopic (exact) mass is 344 g/mol. The van der Waals surface area contributed by atoms with Crippen LogP contribution in [0.5, 0.6) is 0 Å². The molecule has 4 aromatic rings. The maximum Gasteiger partial charge on any atom is 0.350 e. The quantitative estimate of drug-likeness (QED) is 0.536. The number of aryl methyl sites for hydroxylation is 1. The third-order valence-corrected chi connectivity index (χ3v) is 3.81. The molecule has 0 aliphatic heterocycles. The van der Waals surface area contributed by atoms with Crippen molar-refractivity contribution in [1.29, 1.82) is 0 Å². The Balaban J connectivity index is 1.96. The number of nitrogens with one attached hydrogen (secondary N) is 1. The number of fused-ring (bicyclic) bond motifs is 2. The van der Waals surface area contributed by atoms with E-state index in [1.165, 1.54) is 12.1 Å². The first-order valence-electron chi connectivity index (χ1n) is 6.81. The fourth-order valence-corrected chi connectivity index (χ4v) is 2.66. The molecule has 0 spiro atoms. The molecule has 10 heteroatoms. The van der Waals surface area contributed by atoms with Gasteiger partial charge in [0, 0.05) is 12.1 Å². The largest absolute Gasteiger partial charge is 0.350 e. The Labute approximate surface area is 137 Å². The fourth-order valence-electron chi connectivity index (χ4n) is 2.39. The summed E-state index contributed by atoms with van der Waals surface area (Å²) in [5, 5.41) is 4.23. The number of H-pyrrole nitrogens is 1. The van der Waals surface area contributed by atoms with Crippen LogP contribution in [0.1, 0.15) is 5.69 Å². The van der Waals surface area contributed by atoms with E-state index in [-0.39, 0.29) is 10.8 Å². The van der Waals surface area contributed by atoms with Crippen LogP contribution in [0.25, 0.3) is 28.1 Å². The van der Waals surface area contributed by atoms with E-state index in [0.29, 0.717) is 40.2 Å². The van der Waals surface area contributed by atoms with Crippen molar-refractivity contribution in [3.63, 3.8) is 0 Å². The van der Waals surface area contributed by atoms with Gasteiger partial charge in [0.25, 0.3) is 0 Å². The van der Waals surface area contributed by atoms with Gasteiger partial charge in [-0.3, -0.25) is 4.98 Å². The lowest BCUT2D eigenvalue weighted by molar-refractivity contribution is 0.629. The summed E-state index contributed by atoms with van der Waals surface area (Å²) in [5.41, 5.74) is 2.06. The van der Waals surface area contributed by atoms with Crippen LogP contribution in [0, 0.1) is 12.7 Å². The molecule has 1 aromatic carbocycles. The molecule has 3 aromatic heterocycles. The van der Waals surface area contributed by atoms with Gasteiger partial charge in [0.05, 0.1) is 28.8 Å². The number of hydrogen-bond donors (Lipinski definition) is 2. The van der Waals surface area contributed by atoms with Crippen molar-refractivity contribution in [1.82, 2.24) is 29.5 Å². The Kier molecular flexibility index (Phi) is 3.28. The predicted octanol–water partition coefficient (Wildman–Crippen LogP) is 2.04. The van der Waals surface area contributed by atoms with Crippen LogP contribution in [0.4, 0.5) is 4.39 Å². The molecule has 24 heavy (non-hydrogen) atoms. The summed E-state index contributed by atoms with van der Waals surface area (Å²) in [5.74, 6) is -0.413. The van der Waals surface area contributed by atoms with Gasteiger partial charge in [-0.15, -0.1) is 0 Å². The van der Waals surface area contributed by atoms with Crippen molar-refractivity contribution in [3.8, 4) is 11.4 Å². The Morgan fingerprint density at radius 2 is 2.04 bits per heavy atom. The highest BCUT2D eigenvalue weighted by atomic mass is 32.2. The molecular weight excluding hydrogens is 335 g/mol. The van der Waals surface area contributed by atoms with Gasteiger partial charge in [0.2, 0.25) is 0 Å². The molecular formula is C14H9FN6O2S. The lowest BCUT2D eigenvalue weighted by atomic mass is 10.2. The fraction of sp³-hybridized carbons (Fsp3) is 0.0714. The van der Waals surface area contributed by atoms with Crippen molar-refractivity contribution in [3.05, 3.63) is 46.3 Å². The van der Waals surface area contributed by atoms with Crippen molar-refractivity contribution >= 4 is 28.7 Å². The van der Waals surface area contributed by atoms with Gasteiger partial charge in [-0.05, 0) is 19.1 Å². The first kappa shape index (κ1) is 14.7. The summed E-state index contributed by atoms with van der Waals surface area (Å²) in [4.78, 5) is 27.2. The van der Waals surface area contributed by atoms with Crippen LogP contribution in [0.2, 0.25) is 0 Å². The average Bonchev–Trinajstić information content (AvgIpc) is 2.99. The Hall–Kier alpha value is -2.85. The first-order valence-corrected chi connectivity index (χ1v) is 7.58. The number of aromatic amines is 1. The number of nitrogens with zero attached hydrogens (tertiary/aromatic N) is 5. The molecule has 4 rings (SSSR count). The van der Waals surface area contributed by atoms with E-state index in [0.717, 1.165) is 4.52 Å². The van der Waals surface area contributed by atoms with Crippen LogP contribution in [-0.2, 0) is 0 Å². The minimum atomic E-state index is -0.541. The van der Waals surface area contributed by atoms with Gasteiger partial charge in [0.15, 0.2) is 10.8 Å². The highest BCUT2D eigenvalue weighted by molar-refractivity contribution is 7.93. The van der Waals surface area contributed by atoms with Crippen LogP contribution >= 0.6 is 12.0 Å². The molecule has 0 saturated heterocycles. The molecule has 0 bridgehead atoms. The molecule has 0 amide bonds. The normalized spacial score (nSPS) is 11.5. The van der Waals surface area contributed by atoms with Crippen molar-refractivity contribution < 1.29 is 8.94 Å². The molecule has 120 valence electrons. The first-order chi connectivity index (χ1) is 11.5. The lowest BCUT2D eigenvalue weighted by Gasteiger charge is -2.03. The number of hydrogen-bond acceptors (Lipinski definition) is 7. The molecule has 0 fully saturated rings. The summed E-state index contributed by atoms with van der Waals surface area (Å²) in [7, 11) is 0. The number of aromatic nitrogens is 6. The van der Waals surface area contributed by atoms with Gasteiger partial charge >= 0.3 is 5.69 Å². The molecule has 0 aliphatic rings. The van der Waals surface area contributed by atoms with Crippen LogP contribution in [0.15, 0.2) is 34.2 Å². The van der Waals surface area contributed by atoms with Gasteiger partial charge in [-0.25, -0.2) is 24.1 Å². The standard InChI is InChI=1S/C14H9FN6O2S/c1-6-12(17-9-4-7(15)2-3-8(9)16-6)10-5-11-18-13(24-23)19-14(22)21(11)20-10/h2-5,23H,1H3,(H,18,19,22). The summed E-state index contributed by atoms with van der Waals surface area (Å²) in [6, 6.07) is 5.71. The van der Waals surface area contributed by atoms with E-state index in [2.05, 4.69) is 25.0 Å². The van der Waals surface area contributed by atoms with Crippen LogP contribution in [-0.4, -0.2) is 34.1 Å². The Bertz CT molecular complexity index is 1160. The third-order valence-electron chi connectivity index (χ3n) is 3.44. The summed E-state index contributed by atoms with van der Waals surface area (Å²) < 4.78 is 23.5. The minimum absolute atomic E-state index is 0.0577. The number of benzene rings is 1. The number of halogens is 1. The zero-order valence-electron chi connectivity index (χ0n) is 12.2. The van der Waals surface area contributed by atoms with E-state index >= 15 is 0 Å². The van der Waals surface area contributed by atoms with E-state index in [1.807, 2.05) is 0 Å². The van der Waals surface area contributed by atoms with Crippen LogP contribution < -0.4 is 5.69 Å². The number of rotatable bonds is 2. The molecule has 3 heterocycles. The summed E-state index contributed by atoms with van der Waals surface area (Å²) in [6.07, 6.45) is 0. The second-order valence-corrected chi connectivity index (χ2v) is 5.60. The van der Waals surface area contributed by atoms with E-state index < -0.39 is 11.5 Å². The third kappa shape index (κ3) is 2.32. The molecule has 2 N–H and O–H groups in total. The van der Waals surface area contributed by atoms with E-state index in [1.54, 1.807) is 19.1 Å². The SMILES string of the molecule is Cc1nc2ccc(F)cc2nc1-c1cc2nc(SO)[nH]c(=O)n2n1. The molecule has 0 saturated carbocycles. The van der Waals surface area contributed by atoms with E-state index in [4.69, 9.17) is 4.55 Å². The van der Waals surface area contributed by atoms with Crippen LogP contribution in [0.3, 0.4) is 0 Å². The van der Waals surface area contributed by atoms with Gasteiger partial charge in [0.1, 0.15) is 17.2 Å². The Morgan fingerprint density at radius 3 is 2.83 bits per heavy atom. The maximum atomic E-state index is 13.4. The van der Waals surface area contributed by atoms with Crippen molar-refractivity contribution in [2.45, 2.75) is 12.1 Å². The zero-order chi connectivity index (χ0) is 16.8. The second-order valence-electron chi connectivity index (χ2n) is 5.03. The highest BCUT2D eigenvalue weighted by Gasteiger charge is 2.14. The average molecular weight is 344 g/mol. The molecule has 0 atom stereocenters. The van der Waals surface area contributed by atoms with Gasteiger partial charge < -0.3 is 4.55 Å². The van der Waals surface area contributed by atoms with E-state index in [9.17, 15) is 9.18 Å². The Morgan fingerprint density at radius 1 is 1.21 bits per heavy atom. The molecule has 8 nitrogen and oxygen atoms in total. The second kappa shape index (κ2) is 5.35. The highest BCUT2D eigenvalue weighted by Crippen LogP contribution is 2.23. The van der Waals surface area contributed by atoms with Gasteiger partial charge in [-0.2, -0.15) is 9.61 Å². The minimum Gasteiger partial charge on any atom is -0.323 e. The maximum absolute atomic E-state index is 13.4. The molecule has 0 aliphatic carbocycles. The van der Waals surface area contributed by atoms with Crippen molar-refractivity contribution in [2.75, 3.05) is 0 Å². The predicted molar refractivity (Wildman–Crippen MR) is 85.3 cm³/mol. The van der Waals surface area contributed by atoms with Gasteiger partial charge in [-0.1, -0.05) is 0 Å².